The highest BCUT2D eigenvalue weighted by atomic mass is 35.5. The molecule has 0 saturated carbocycles. The highest BCUT2D eigenvalue weighted by molar-refractivity contribution is 6.17. The Labute approximate surface area is 127 Å². The van der Waals surface area contributed by atoms with Crippen LogP contribution in [-0.4, -0.2) is 36.0 Å². The van der Waals surface area contributed by atoms with Crippen molar-refractivity contribution in [1.82, 2.24) is 9.88 Å². The molecule has 0 N–H and O–H groups in total. The number of ether oxygens (including phenoxy) is 1. The first kappa shape index (κ1) is 15.6. The van der Waals surface area contributed by atoms with Crippen LogP contribution in [0.25, 0.3) is 0 Å². The fourth-order valence-electron chi connectivity index (χ4n) is 3.13. The lowest BCUT2D eigenvalue weighted by Gasteiger charge is -2.32. The van der Waals surface area contributed by atoms with Crippen molar-refractivity contribution in [2.24, 2.45) is 5.92 Å². The van der Waals surface area contributed by atoms with Gasteiger partial charge >= 0.3 is 0 Å². The monoisotopic (exact) mass is 296 g/mol. The summed E-state index contributed by atoms with van der Waals surface area (Å²) in [6.07, 6.45) is 5.62. The van der Waals surface area contributed by atoms with Gasteiger partial charge in [0.15, 0.2) is 0 Å². The van der Waals surface area contributed by atoms with Crippen LogP contribution >= 0.6 is 11.6 Å². The van der Waals surface area contributed by atoms with Crippen molar-refractivity contribution in [3.63, 3.8) is 0 Å². The van der Waals surface area contributed by atoms with Gasteiger partial charge < -0.3 is 4.74 Å². The van der Waals surface area contributed by atoms with E-state index < -0.39 is 0 Å². The van der Waals surface area contributed by atoms with Crippen LogP contribution in [0.15, 0.2) is 6.20 Å². The lowest BCUT2D eigenvalue weighted by Crippen LogP contribution is -2.35. The third-order valence-corrected chi connectivity index (χ3v) is 4.46. The Kier molecular flexibility index (Phi) is 5.67. The molecule has 1 aliphatic rings. The number of methoxy groups -OCH3 is 1. The van der Waals surface area contributed by atoms with Gasteiger partial charge in [0.05, 0.1) is 12.8 Å². The van der Waals surface area contributed by atoms with Gasteiger partial charge in [-0.1, -0.05) is 0 Å². The average molecular weight is 297 g/mol. The van der Waals surface area contributed by atoms with Gasteiger partial charge in [-0.15, -0.1) is 11.6 Å². The van der Waals surface area contributed by atoms with Crippen molar-refractivity contribution >= 4 is 11.6 Å². The SMILES string of the molecule is COc1c(C)cnc(CN2CCCC(CCCl)C2)c1C. The van der Waals surface area contributed by atoms with E-state index in [2.05, 4.69) is 16.8 Å². The van der Waals surface area contributed by atoms with Gasteiger partial charge in [0.1, 0.15) is 5.75 Å². The summed E-state index contributed by atoms with van der Waals surface area (Å²) in [5.41, 5.74) is 3.42. The third-order valence-electron chi connectivity index (χ3n) is 4.24. The third kappa shape index (κ3) is 3.64. The Morgan fingerprint density at radius 3 is 2.95 bits per heavy atom. The standard InChI is InChI=1S/C16H25ClN2O/c1-12-9-18-15(13(2)16(12)20-3)11-19-8-4-5-14(10-19)6-7-17/h9,14H,4-8,10-11H2,1-3H3. The minimum Gasteiger partial charge on any atom is -0.496 e. The number of aryl methyl sites for hydroxylation is 1. The lowest BCUT2D eigenvalue weighted by atomic mass is 9.95. The summed E-state index contributed by atoms with van der Waals surface area (Å²) in [5, 5.41) is 0. The summed E-state index contributed by atoms with van der Waals surface area (Å²) >= 11 is 5.88. The number of hydrogen-bond acceptors (Lipinski definition) is 3. The Hall–Kier alpha value is -0.800. The summed E-state index contributed by atoms with van der Waals surface area (Å²) in [6, 6.07) is 0. The Morgan fingerprint density at radius 1 is 1.45 bits per heavy atom. The van der Waals surface area contributed by atoms with Gasteiger partial charge in [0.2, 0.25) is 0 Å². The van der Waals surface area contributed by atoms with Crippen molar-refractivity contribution in [3.8, 4) is 5.75 Å². The molecule has 1 fully saturated rings. The second-order valence-electron chi connectivity index (χ2n) is 5.77. The molecule has 0 bridgehead atoms. The summed E-state index contributed by atoms with van der Waals surface area (Å²) in [7, 11) is 1.73. The molecule has 1 atom stereocenters. The molecule has 0 radical (unpaired) electrons. The van der Waals surface area contributed by atoms with Gasteiger partial charge in [0, 0.05) is 36.3 Å². The van der Waals surface area contributed by atoms with E-state index >= 15 is 0 Å². The van der Waals surface area contributed by atoms with Crippen molar-refractivity contribution in [2.45, 2.75) is 39.7 Å². The molecule has 1 aromatic heterocycles. The Morgan fingerprint density at radius 2 is 2.25 bits per heavy atom. The zero-order valence-electron chi connectivity index (χ0n) is 12.8. The van der Waals surface area contributed by atoms with Crippen LogP contribution in [-0.2, 0) is 6.54 Å². The number of pyridine rings is 1. The molecule has 2 rings (SSSR count). The Bertz CT molecular complexity index is 448. The number of likely N-dealkylation sites (tertiary alicyclic amines) is 1. The van der Waals surface area contributed by atoms with Gasteiger partial charge in [-0.25, -0.2) is 0 Å². The molecule has 0 spiro atoms. The molecule has 0 aromatic carbocycles. The average Bonchev–Trinajstić information content (AvgIpc) is 2.43. The number of hydrogen-bond donors (Lipinski definition) is 0. The predicted octanol–water partition coefficient (Wildman–Crippen LogP) is 3.55. The second kappa shape index (κ2) is 7.28. The van der Waals surface area contributed by atoms with E-state index in [1.807, 2.05) is 13.1 Å². The van der Waals surface area contributed by atoms with Gasteiger partial charge in [-0.3, -0.25) is 9.88 Å². The van der Waals surface area contributed by atoms with E-state index in [0.29, 0.717) is 0 Å². The van der Waals surface area contributed by atoms with E-state index in [1.54, 1.807) is 7.11 Å². The van der Waals surface area contributed by atoms with Crippen LogP contribution in [0, 0.1) is 19.8 Å². The first-order valence-corrected chi connectivity index (χ1v) is 7.96. The number of piperidine rings is 1. The summed E-state index contributed by atoms with van der Waals surface area (Å²) in [5.74, 6) is 2.49. The van der Waals surface area contributed by atoms with Crippen LogP contribution in [0.1, 0.15) is 36.1 Å². The smallest absolute Gasteiger partial charge is 0.128 e. The Balaban J connectivity index is 2.06. The molecule has 1 aromatic rings. The van der Waals surface area contributed by atoms with Crippen molar-refractivity contribution in [1.29, 1.82) is 0 Å². The summed E-state index contributed by atoms with van der Waals surface area (Å²) in [6.45, 7) is 7.37. The largest absolute Gasteiger partial charge is 0.496 e. The van der Waals surface area contributed by atoms with Crippen molar-refractivity contribution in [2.75, 3.05) is 26.1 Å². The molecule has 1 saturated heterocycles. The molecule has 1 unspecified atom stereocenters. The zero-order valence-corrected chi connectivity index (χ0v) is 13.5. The molecular weight excluding hydrogens is 272 g/mol. The molecule has 4 heteroatoms. The van der Waals surface area contributed by atoms with E-state index in [1.165, 1.54) is 18.4 Å². The first-order chi connectivity index (χ1) is 9.65. The van der Waals surface area contributed by atoms with E-state index in [-0.39, 0.29) is 0 Å². The van der Waals surface area contributed by atoms with E-state index in [4.69, 9.17) is 16.3 Å². The highest BCUT2D eigenvalue weighted by Crippen LogP contribution is 2.26. The lowest BCUT2D eigenvalue weighted by molar-refractivity contribution is 0.163. The molecule has 1 aliphatic heterocycles. The summed E-state index contributed by atoms with van der Waals surface area (Å²) in [4.78, 5) is 7.11. The van der Waals surface area contributed by atoms with Crippen LogP contribution < -0.4 is 4.74 Å². The minimum atomic E-state index is 0.744. The van der Waals surface area contributed by atoms with Gasteiger partial charge in [0.25, 0.3) is 0 Å². The van der Waals surface area contributed by atoms with Crippen LogP contribution in [0.4, 0.5) is 0 Å². The van der Waals surface area contributed by atoms with Gasteiger partial charge in [-0.05, 0) is 45.6 Å². The number of alkyl halides is 1. The first-order valence-electron chi connectivity index (χ1n) is 7.43. The minimum absolute atomic E-state index is 0.744. The molecule has 112 valence electrons. The fraction of sp³-hybridized carbons (Fsp3) is 0.688. The summed E-state index contributed by atoms with van der Waals surface area (Å²) < 4.78 is 5.49. The van der Waals surface area contributed by atoms with Crippen LogP contribution in [0.3, 0.4) is 0 Å². The van der Waals surface area contributed by atoms with Crippen molar-refractivity contribution in [3.05, 3.63) is 23.0 Å². The van der Waals surface area contributed by atoms with Crippen LogP contribution in [0.2, 0.25) is 0 Å². The maximum atomic E-state index is 5.88. The molecule has 20 heavy (non-hydrogen) atoms. The zero-order chi connectivity index (χ0) is 14.5. The van der Waals surface area contributed by atoms with E-state index in [0.717, 1.165) is 54.9 Å². The topological polar surface area (TPSA) is 25.4 Å². The highest BCUT2D eigenvalue weighted by Gasteiger charge is 2.21. The molecule has 0 aliphatic carbocycles. The maximum absolute atomic E-state index is 5.88. The molecule has 3 nitrogen and oxygen atoms in total. The fourth-order valence-corrected chi connectivity index (χ4v) is 3.44. The normalized spacial score (nSPS) is 20.1. The quantitative estimate of drug-likeness (QED) is 0.777. The predicted molar refractivity (Wildman–Crippen MR) is 83.6 cm³/mol. The van der Waals surface area contributed by atoms with E-state index in [9.17, 15) is 0 Å². The van der Waals surface area contributed by atoms with Crippen molar-refractivity contribution < 1.29 is 4.74 Å². The van der Waals surface area contributed by atoms with Crippen LogP contribution in [0.5, 0.6) is 5.75 Å². The van der Waals surface area contributed by atoms with Gasteiger partial charge in [-0.2, -0.15) is 0 Å². The number of nitrogens with zero attached hydrogens (tertiary/aromatic N) is 2. The second-order valence-corrected chi connectivity index (χ2v) is 6.15. The number of rotatable bonds is 5. The number of halogens is 1. The molecule has 2 heterocycles. The maximum Gasteiger partial charge on any atom is 0.128 e. The molecular formula is C16H25ClN2O. The molecule has 0 amide bonds. The number of aromatic nitrogens is 1.